The largest absolute Gasteiger partial charge is 0.508 e. The molecule has 0 bridgehead atoms. The van der Waals surface area contributed by atoms with Gasteiger partial charge in [0.05, 0.1) is 13.2 Å². The number of hydrogen-bond donors (Lipinski definition) is 1. The molecule has 1 aliphatic carbocycles. The summed E-state index contributed by atoms with van der Waals surface area (Å²) in [6.45, 7) is 11.0. The first-order valence-electron chi connectivity index (χ1n) is 10.7. The standard InChI is InChI=1S/C25H33NO3/c1-24(2)21-10-7-11-22(27)20(21)18-23-25(24,3)12-13-26(23)14-15-28-16-17-29-19-8-5-4-6-9-19/h4-11,23,27H,12-18H2,1-3H3. The summed E-state index contributed by atoms with van der Waals surface area (Å²) in [7, 11) is 0. The fourth-order valence-corrected chi connectivity index (χ4v) is 5.35. The zero-order valence-corrected chi connectivity index (χ0v) is 17.9. The molecule has 2 aliphatic rings. The van der Waals surface area contributed by atoms with E-state index >= 15 is 0 Å². The van der Waals surface area contributed by atoms with E-state index < -0.39 is 0 Å². The van der Waals surface area contributed by atoms with E-state index in [1.54, 1.807) is 0 Å². The zero-order chi connectivity index (χ0) is 20.5. The molecule has 0 aromatic heterocycles. The van der Waals surface area contributed by atoms with Crippen LogP contribution >= 0.6 is 0 Å². The van der Waals surface area contributed by atoms with Crippen molar-refractivity contribution in [2.24, 2.45) is 5.41 Å². The topological polar surface area (TPSA) is 41.9 Å². The van der Waals surface area contributed by atoms with E-state index in [1.807, 2.05) is 42.5 Å². The number of ether oxygens (including phenoxy) is 2. The molecule has 1 fully saturated rings. The first kappa shape index (κ1) is 20.2. The van der Waals surface area contributed by atoms with E-state index in [-0.39, 0.29) is 10.8 Å². The lowest BCUT2D eigenvalue weighted by Gasteiger charge is -2.52. The van der Waals surface area contributed by atoms with Gasteiger partial charge in [0.2, 0.25) is 0 Å². The van der Waals surface area contributed by atoms with Gasteiger partial charge in [-0.25, -0.2) is 0 Å². The van der Waals surface area contributed by atoms with E-state index in [9.17, 15) is 5.11 Å². The molecule has 1 saturated heterocycles. The van der Waals surface area contributed by atoms with Gasteiger partial charge in [-0.2, -0.15) is 0 Å². The number of phenolic OH excluding ortho intramolecular Hbond substituents is 1. The van der Waals surface area contributed by atoms with Crippen molar-refractivity contribution in [3.05, 3.63) is 59.7 Å². The molecule has 156 valence electrons. The molecular formula is C25H33NO3. The summed E-state index contributed by atoms with van der Waals surface area (Å²) in [6, 6.07) is 16.3. The minimum absolute atomic E-state index is 0.0309. The second-order valence-corrected chi connectivity index (χ2v) is 9.13. The zero-order valence-electron chi connectivity index (χ0n) is 17.9. The van der Waals surface area contributed by atoms with Gasteiger partial charge in [0.25, 0.3) is 0 Å². The minimum Gasteiger partial charge on any atom is -0.508 e. The van der Waals surface area contributed by atoms with Crippen LogP contribution in [-0.4, -0.2) is 49.0 Å². The van der Waals surface area contributed by atoms with Gasteiger partial charge in [-0.3, -0.25) is 4.90 Å². The molecule has 1 N–H and O–H groups in total. The van der Waals surface area contributed by atoms with Crippen LogP contribution in [0.25, 0.3) is 0 Å². The Bertz CT molecular complexity index is 835. The van der Waals surface area contributed by atoms with E-state index in [0.29, 0.717) is 31.6 Å². The highest BCUT2D eigenvalue weighted by Gasteiger charge is 2.56. The van der Waals surface area contributed by atoms with Crippen LogP contribution in [0.5, 0.6) is 11.5 Å². The number of fused-ring (bicyclic) bond motifs is 2. The van der Waals surface area contributed by atoms with Crippen molar-refractivity contribution in [2.45, 2.75) is 45.1 Å². The summed E-state index contributed by atoms with van der Waals surface area (Å²) in [5.41, 5.74) is 2.67. The molecule has 0 amide bonds. The van der Waals surface area contributed by atoms with Gasteiger partial charge >= 0.3 is 0 Å². The van der Waals surface area contributed by atoms with Crippen LogP contribution in [-0.2, 0) is 16.6 Å². The maximum Gasteiger partial charge on any atom is 0.119 e. The first-order chi connectivity index (χ1) is 13.9. The van der Waals surface area contributed by atoms with Crippen molar-refractivity contribution in [2.75, 3.05) is 32.9 Å². The summed E-state index contributed by atoms with van der Waals surface area (Å²) in [5.74, 6) is 1.33. The highest BCUT2D eigenvalue weighted by molar-refractivity contribution is 5.48. The molecule has 2 atom stereocenters. The van der Waals surface area contributed by atoms with Crippen LogP contribution in [0.4, 0.5) is 0 Å². The van der Waals surface area contributed by atoms with Gasteiger partial charge in [0.1, 0.15) is 18.1 Å². The molecule has 2 aromatic rings. The summed E-state index contributed by atoms with van der Waals surface area (Å²) in [6.07, 6.45) is 2.09. The number of phenols is 1. The summed E-state index contributed by atoms with van der Waals surface area (Å²) < 4.78 is 11.6. The van der Waals surface area contributed by atoms with Gasteiger partial charge < -0.3 is 14.6 Å². The lowest BCUT2D eigenvalue weighted by atomic mass is 9.54. The third kappa shape index (κ3) is 3.64. The molecule has 2 aromatic carbocycles. The lowest BCUT2D eigenvalue weighted by Crippen LogP contribution is -2.53. The van der Waals surface area contributed by atoms with Crippen molar-refractivity contribution in [1.82, 2.24) is 4.90 Å². The molecule has 0 saturated carbocycles. The SMILES string of the molecule is CC1(C)c2cccc(O)c2CC2N(CCOCCOc3ccccc3)CCC21C. The third-order valence-corrected chi connectivity index (χ3v) is 7.51. The van der Waals surface area contributed by atoms with Crippen molar-refractivity contribution < 1.29 is 14.6 Å². The Balaban J connectivity index is 1.33. The second-order valence-electron chi connectivity index (χ2n) is 9.13. The molecule has 4 nitrogen and oxygen atoms in total. The Morgan fingerprint density at radius 1 is 1.00 bits per heavy atom. The summed E-state index contributed by atoms with van der Waals surface area (Å²) >= 11 is 0. The van der Waals surface area contributed by atoms with E-state index in [1.165, 1.54) is 12.0 Å². The van der Waals surface area contributed by atoms with Crippen LogP contribution in [0.3, 0.4) is 0 Å². The Kier molecular flexibility index (Phi) is 5.58. The fraction of sp³-hybridized carbons (Fsp3) is 0.520. The monoisotopic (exact) mass is 395 g/mol. The van der Waals surface area contributed by atoms with Crippen LogP contribution in [0.2, 0.25) is 0 Å². The molecule has 0 spiro atoms. The number of para-hydroxylation sites is 1. The van der Waals surface area contributed by atoms with Crippen LogP contribution in [0.15, 0.2) is 48.5 Å². The number of nitrogens with zero attached hydrogens (tertiary/aromatic N) is 1. The Hall–Kier alpha value is -2.04. The highest BCUT2D eigenvalue weighted by Crippen LogP contribution is 2.57. The van der Waals surface area contributed by atoms with E-state index in [0.717, 1.165) is 30.8 Å². The van der Waals surface area contributed by atoms with Gasteiger partial charge in [0.15, 0.2) is 0 Å². The highest BCUT2D eigenvalue weighted by atomic mass is 16.5. The fourth-order valence-electron chi connectivity index (χ4n) is 5.35. The van der Waals surface area contributed by atoms with Crippen LogP contribution in [0, 0.1) is 5.41 Å². The average molecular weight is 396 g/mol. The van der Waals surface area contributed by atoms with Gasteiger partial charge in [-0.1, -0.05) is 51.1 Å². The first-order valence-corrected chi connectivity index (χ1v) is 10.7. The van der Waals surface area contributed by atoms with Gasteiger partial charge in [0, 0.05) is 12.6 Å². The summed E-state index contributed by atoms with van der Waals surface area (Å²) in [4.78, 5) is 2.56. The maximum absolute atomic E-state index is 10.5. The van der Waals surface area contributed by atoms with E-state index in [2.05, 4.69) is 31.7 Å². The van der Waals surface area contributed by atoms with Crippen molar-refractivity contribution in [3.8, 4) is 11.5 Å². The van der Waals surface area contributed by atoms with Crippen molar-refractivity contribution in [1.29, 1.82) is 0 Å². The minimum atomic E-state index is 0.0309. The smallest absolute Gasteiger partial charge is 0.119 e. The van der Waals surface area contributed by atoms with Crippen molar-refractivity contribution in [3.63, 3.8) is 0 Å². The Labute approximate surface area is 174 Å². The Morgan fingerprint density at radius 2 is 1.79 bits per heavy atom. The van der Waals surface area contributed by atoms with Crippen LogP contribution in [0.1, 0.15) is 38.3 Å². The third-order valence-electron chi connectivity index (χ3n) is 7.51. The predicted molar refractivity (Wildman–Crippen MR) is 116 cm³/mol. The molecular weight excluding hydrogens is 362 g/mol. The lowest BCUT2D eigenvalue weighted by molar-refractivity contribution is 0.0463. The van der Waals surface area contributed by atoms with Gasteiger partial charge in [-0.05, 0) is 59.5 Å². The van der Waals surface area contributed by atoms with Crippen LogP contribution < -0.4 is 4.74 Å². The molecule has 4 rings (SSSR count). The molecule has 2 unspecified atom stereocenters. The van der Waals surface area contributed by atoms with Crippen molar-refractivity contribution >= 4 is 0 Å². The Morgan fingerprint density at radius 3 is 2.59 bits per heavy atom. The molecule has 1 aliphatic heterocycles. The number of rotatable bonds is 7. The molecule has 1 heterocycles. The molecule has 4 heteroatoms. The second kappa shape index (κ2) is 8.00. The number of aromatic hydroxyl groups is 1. The van der Waals surface area contributed by atoms with E-state index in [4.69, 9.17) is 9.47 Å². The molecule has 0 radical (unpaired) electrons. The van der Waals surface area contributed by atoms with Gasteiger partial charge in [-0.15, -0.1) is 0 Å². The summed E-state index contributed by atoms with van der Waals surface area (Å²) in [5, 5.41) is 10.5. The quantitative estimate of drug-likeness (QED) is 0.706. The number of hydrogen-bond acceptors (Lipinski definition) is 4. The predicted octanol–water partition coefficient (Wildman–Crippen LogP) is 4.40. The maximum atomic E-state index is 10.5. The number of likely N-dealkylation sites (tertiary alicyclic amines) is 1. The average Bonchev–Trinajstić information content (AvgIpc) is 3.04. The number of benzene rings is 2. The molecule has 29 heavy (non-hydrogen) atoms. The normalized spacial score (nSPS) is 25.4.